The molecule has 0 bridgehead atoms. The van der Waals surface area contributed by atoms with Crippen molar-refractivity contribution in [2.75, 3.05) is 21.9 Å². The van der Waals surface area contributed by atoms with E-state index < -0.39 is 10.0 Å². The molecule has 3 aromatic rings. The molecule has 0 fully saturated rings. The fraction of sp³-hybridized carbons (Fsp3) is 0.158. The highest BCUT2D eigenvalue weighted by Gasteiger charge is 2.17. The molecule has 146 valence electrons. The van der Waals surface area contributed by atoms with Crippen molar-refractivity contribution >= 4 is 44.8 Å². The van der Waals surface area contributed by atoms with Gasteiger partial charge in [-0.2, -0.15) is 4.98 Å². The molecule has 0 aliphatic carbocycles. The lowest BCUT2D eigenvalue weighted by molar-refractivity contribution is 0.601. The van der Waals surface area contributed by atoms with Crippen molar-refractivity contribution in [1.82, 2.24) is 9.97 Å². The summed E-state index contributed by atoms with van der Waals surface area (Å²) in [6.45, 7) is 4.59. The summed E-state index contributed by atoms with van der Waals surface area (Å²) in [7, 11) is -3.76. The summed E-state index contributed by atoms with van der Waals surface area (Å²) < 4.78 is 27.5. The summed E-state index contributed by atoms with van der Waals surface area (Å²) >= 11 is 5.99. The number of halogens is 1. The van der Waals surface area contributed by atoms with Crippen LogP contribution in [-0.4, -0.2) is 24.9 Å². The summed E-state index contributed by atoms with van der Waals surface area (Å²) in [6, 6.07) is 15.0. The minimum Gasteiger partial charge on any atom is -0.354 e. The normalized spacial score (nSPS) is 11.1. The minimum atomic E-state index is -3.76. The first-order chi connectivity index (χ1) is 13.4. The first-order valence-corrected chi connectivity index (χ1v) is 10.5. The van der Waals surface area contributed by atoms with Crippen LogP contribution in [0.15, 0.2) is 59.5 Å². The number of sulfonamides is 1. The van der Waals surface area contributed by atoms with Crippen LogP contribution < -0.4 is 15.4 Å². The van der Waals surface area contributed by atoms with E-state index in [0.717, 1.165) is 17.9 Å². The standard InChI is InChI=1S/C19H20ClN5O2S/c1-3-21-19-22-13(2)12-18(24-19)23-14-8-10-15(11-9-14)25-28(26,27)17-7-5-4-6-16(17)20/h4-12,25H,3H2,1-2H3,(H2,21,22,23,24). The summed E-state index contributed by atoms with van der Waals surface area (Å²) in [5, 5.41) is 6.44. The molecule has 7 nitrogen and oxygen atoms in total. The van der Waals surface area contributed by atoms with Crippen molar-refractivity contribution in [3.05, 3.63) is 65.3 Å². The van der Waals surface area contributed by atoms with Gasteiger partial charge in [-0.25, -0.2) is 13.4 Å². The molecular formula is C19H20ClN5O2S. The largest absolute Gasteiger partial charge is 0.354 e. The van der Waals surface area contributed by atoms with Crippen LogP contribution in [0.5, 0.6) is 0 Å². The van der Waals surface area contributed by atoms with E-state index in [1.807, 2.05) is 19.9 Å². The maximum Gasteiger partial charge on any atom is 0.263 e. The number of nitrogens with one attached hydrogen (secondary N) is 3. The molecule has 9 heteroatoms. The average Bonchev–Trinajstić information content (AvgIpc) is 2.63. The van der Waals surface area contributed by atoms with Crippen LogP contribution in [0, 0.1) is 6.92 Å². The van der Waals surface area contributed by atoms with Gasteiger partial charge in [0.2, 0.25) is 5.95 Å². The van der Waals surface area contributed by atoms with Crippen molar-refractivity contribution in [3.63, 3.8) is 0 Å². The highest BCUT2D eigenvalue weighted by molar-refractivity contribution is 7.92. The molecule has 1 aromatic heterocycles. The fourth-order valence-electron chi connectivity index (χ4n) is 2.51. The molecule has 2 aromatic carbocycles. The van der Waals surface area contributed by atoms with Gasteiger partial charge < -0.3 is 10.6 Å². The smallest absolute Gasteiger partial charge is 0.263 e. The van der Waals surface area contributed by atoms with E-state index >= 15 is 0 Å². The van der Waals surface area contributed by atoms with Crippen LogP contribution in [0.2, 0.25) is 5.02 Å². The first-order valence-electron chi connectivity index (χ1n) is 8.61. The lowest BCUT2D eigenvalue weighted by Crippen LogP contribution is -2.13. The van der Waals surface area contributed by atoms with Gasteiger partial charge in [0.15, 0.2) is 0 Å². The van der Waals surface area contributed by atoms with Gasteiger partial charge in [-0.3, -0.25) is 4.72 Å². The third kappa shape index (κ3) is 4.90. The molecular weight excluding hydrogens is 398 g/mol. The Morgan fingerprint density at radius 2 is 1.68 bits per heavy atom. The summed E-state index contributed by atoms with van der Waals surface area (Å²) in [6.07, 6.45) is 0. The van der Waals surface area contributed by atoms with Crippen LogP contribution in [0.3, 0.4) is 0 Å². The van der Waals surface area contributed by atoms with E-state index in [9.17, 15) is 8.42 Å². The van der Waals surface area contributed by atoms with Gasteiger partial charge in [0.05, 0.1) is 5.02 Å². The summed E-state index contributed by atoms with van der Waals surface area (Å²) in [4.78, 5) is 8.73. The molecule has 1 heterocycles. The average molecular weight is 418 g/mol. The highest BCUT2D eigenvalue weighted by atomic mass is 35.5. The van der Waals surface area contributed by atoms with Gasteiger partial charge in [0.1, 0.15) is 10.7 Å². The zero-order valence-corrected chi connectivity index (χ0v) is 17.0. The Labute approximate surface area is 169 Å². The van der Waals surface area contributed by atoms with E-state index in [0.29, 0.717) is 17.5 Å². The van der Waals surface area contributed by atoms with E-state index in [-0.39, 0.29) is 9.92 Å². The molecule has 3 rings (SSSR count). The minimum absolute atomic E-state index is 0.0336. The van der Waals surface area contributed by atoms with E-state index in [2.05, 4.69) is 25.3 Å². The van der Waals surface area contributed by atoms with Crippen molar-refractivity contribution in [2.45, 2.75) is 18.7 Å². The van der Waals surface area contributed by atoms with E-state index in [1.165, 1.54) is 12.1 Å². The molecule has 0 aliphatic rings. The number of hydrogen-bond acceptors (Lipinski definition) is 6. The molecule has 0 atom stereocenters. The summed E-state index contributed by atoms with van der Waals surface area (Å²) in [5.74, 6) is 1.20. The number of aromatic nitrogens is 2. The Hall–Kier alpha value is -2.84. The SMILES string of the molecule is CCNc1nc(C)cc(Nc2ccc(NS(=O)(=O)c3ccccc3Cl)cc2)n1. The monoisotopic (exact) mass is 417 g/mol. The van der Waals surface area contributed by atoms with Gasteiger partial charge in [-0.05, 0) is 50.2 Å². The van der Waals surface area contributed by atoms with Crippen LogP contribution in [0.1, 0.15) is 12.6 Å². The van der Waals surface area contributed by atoms with Gasteiger partial charge in [0, 0.05) is 29.7 Å². The number of hydrogen-bond donors (Lipinski definition) is 3. The third-order valence-corrected chi connectivity index (χ3v) is 5.61. The maximum atomic E-state index is 12.5. The zero-order chi connectivity index (χ0) is 20.1. The van der Waals surface area contributed by atoms with Crippen molar-refractivity contribution < 1.29 is 8.42 Å². The van der Waals surface area contributed by atoms with E-state index in [4.69, 9.17) is 11.6 Å². The molecule has 28 heavy (non-hydrogen) atoms. The van der Waals surface area contributed by atoms with Crippen LogP contribution in [0.4, 0.5) is 23.1 Å². The van der Waals surface area contributed by atoms with Gasteiger partial charge in [0.25, 0.3) is 10.0 Å². The number of nitrogens with zero attached hydrogens (tertiary/aromatic N) is 2. The topological polar surface area (TPSA) is 96.0 Å². The molecule has 0 saturated carbocycles. The number of benzene rings is 2. The number of aryl methyl sites for hydroxylation is 1. The van der Waals surface area contributed by atoms with Crippen molar-refractivity contribution in [3.8, 4) is 0 Å². The fourth-order valence-corrected chi connectivity index (χ4v) is 4.09. The number of rotatable bonds is 7. The van der Waals surface area contributed by atoms with Crippen LogP contribution in [0.25, 0.3) is 0 Å². The second kappa shape index (κ2) is 8.45. The number of anilines is 4. The molecule has 0 amide bonds. The van der Waals surface area contributed by atoms with Gasteiger partial charge >= 0.3 is 0 Å². The molecule has 0 unspecified atom stereocenters. The predicted octanol–water partition coefficient (Wildman–Crippen LogP) is 4.41. The molecule has 3 N–H and O–H groups in total. The van der Waals surface area contributed by atoms with Crippen LogP contribution >= 0.6 is 11.6 Å². The van der Waals surface area contributed by atoms with Crippen LogP contribution in [-0.2, 0) is 10.0 Å². The predicted molar refractivity (Wildman–Crippen MR) is 113 cm³/mol. The van der Waals surface area contributed by atoms with E-state index in [1.54, 1.807) is 36.4 Å². The molecule has 0 aliphatic heterocycles. The lowest BCUT2D eigenvalue weighted by atomic mass is 10.3. The van der Waals surface area contributed by atoms with Crippen molar-refractivity contribution in [2.24, 2.45) is 0 Å². The lowest BCUT2D eigenvalue weighted by Gasteiger charge is -2.11. The maximum absolute atomic E-state index is 12.5. The molecule has 0 radical (unpaired) electrons. The van der Waals surface area contributed by atoms with Crippen molar-refractivity contribution in [1.29, 1.82) is 0 Å². The Morgan fingerprint density at radius 1 is 1.00 bits per heavy atom. The third-order valence-electron chi connectivity index (χ3n) is 3.72. The quantitative estimate of drug-likeness (QED) is 0.526. The highest BCUT2D eigenvalue weighted by Crippen LogP contribution is 2.24. The molecule has 0 spiro atoms. The second-order valence-corrected chi connectivity index (χ2v) is 8.04. The Bertz CT molecular complexity index is 1070. The Kier molecular flexibility index (Phi) is 6.01. The van der Waals surface area contributed by atoms with Gasteiger partial charge in [-0.1, -0.05) is 23.7 Å². The Morgan fingerprint density at radius 3 is 2.36 bits per heavy atom. The Balaban J connectivity index is 1.75. The molecule has 0 saturated heterocycles. The first kappa shape index (κ1) is 19.9. The second-order valence-electron chi connectivity index (χ2n) is 5.99. The summed E-state index contributed by atoms with van der Waals surface area (Å²) in [5.41, 5.74) is 2.02. The zero-order valence-electron chi connectivity index (χ0n) is 15.4. The van der Waals surface area contributed by atoms with Gasteiger partial charge in [-0.15, -0.1) is 0 Å².